The Bertz CT molecular complexity index is 1110. The smallest absolute Gasteiger partial charge is 0.280 e. The Hall–Kier alpha value is -3.66. The molecule has 0 radical (unpaired) electrons. The number of aromatic amines is 1. The van der Waals surface area contributed by atoms with Gasteiger partial charge in [0.15, 0.2) is 11.6 Å². The molecule has 3 aromatic rings. The van der Waals surface area contributed by atoms with Crippen LogP contribution in [0.4, 0.5) is 19.0 Å². The summed E-state index contributed by atoms with van der Waals surface area (Å²) in [6.45, 7) is 1.07. The molecule has 1 amide bonds. The standard InChI is InChI=1S/C21H18F3N5O2/c22-14-4-1-12(2-5-14)18-10-19(29-28-18)26-21(25-11-15-7-8-31-15)27-20(30)13-3-6-16(23)17(24)9-13/h1-6,9-10,15H,7-8,11H2,(H3,25,26,27,28,29,30). The SMILES string of the molecule is O=C(/N=C(/NCC1CCO1)Nc1cc(-c2ccc(F)cc2)n[nH]1)c1ccc(F)c(F)c1. The van der Waals surface area contributed by atoms with Crippen molar-refractivity contribution in [3.63, 3.8) is 0 Å². The molecule has 160 valence electrons. The summed E-state index contributed by atoms with van der Waals surface area (Å²) in [4.78, 5) is 16.4. The highest BCUT2D eigenvalue weighted by molar-refractivity contribution is 6.06. The lowest BCUT2D eigenvalue weighted by Gasteiger charge is -2.27. The van der Waals surface area contributed by atoms with Crippen LogP contribution in [0.5, 0.6) is 0 Å². The summed E-state index contributed by atoms with van der Waals surface area (Å²) in [5.41, 5.74) is 1.14. The second-order valence-corrected chi connectivity index (χ2v) is 6.86. The van der Waals surface area contributed by atoms with Gasteiger partial charge < -0.3 is 15.4 Å². The van der Waals surface area contributed by atoms with Gasteiger partial charge in [-0.25, -0.2) is 13.2 Å². The summed E-state index contributed by atoms with van der Waals surface area (Å²) in [5.74, 6) is -2.81. The molecule has 1 unspecified atom stereocenters. The van der Waals surface area contributed by atoms with E-state index in [1.807, 2.05) is 0 Å². The van der Waals surface area contributed by atoms with E-state index in [1.54, 1.807) is 18.2 Å². The number of H-pyrrole nitrogens is 1. The summed E-state index contributed by atoms with van der Waals surface area (Å²) in [7, 11) is 0. The van der Waals surface area contributed by atoms with E-state index >= 15 is 0 Å². The van der Waals surface area contributed by atoms with Crippen molar-refractivity contribution >= 4 is 17.7 Å². The number of hydrogen-bond donors (Lipinski definition) is 3. The summed E-state index contributed by atoms with van der Waals surface area (Å²) in [6.07, 6.45) is 0.859. The van der Waals surface area contributed by atoms with Gasteiger partial charge in [-0.05, 0) is 48.9 Å². The van der Waals surface area contributed by atoms with Crippen molar-refractivity contribution in [3.8, 4) is 11.3 Å². The largest absolute Gasteiger partial charge is 0.376 e. The molecule has 7 nitrogen and oxygen atoms in total. The Morgan fingerprint density at radius 2 is 1.90 bits per heavy atom. The van der Waals surface area contributed by atoms with Crippen LogP contribution >= 0.6 is 0 Å². The van der Waals surface area contributed by atoms with Gasteiger partial charge in [0.05, 0.1) is 11.8 Å². The van der Waals surface area contributed by atoms with Crippen molar-refractivity contribution in [2.24, 2.45) is 4.99 Å². The Morgan fingerprint density at radius 1 is 1.13 bits per heavy atom. The lowest BCUT2D eigenvalue weighted by atomic mass is 10.1. The molecule has 0 spiro atoms. The van der Waals surface area contributed by atoms with Crippen LogP contribution in [0.3, 0.4) is 0 Å². The minimum atomic E-state index is -1.14. The van der Waals surface area contributed by atoms with Crippen molar-refractivity contribution in [2.75, 3.05) is 18.5 Å². The van der Waals surface area contributed by atoms with E-state index in [2.05, 4.69) is 25.8 Å². The molecule has 1 aromatic heterocycles. The molecule has 1 saturated heterocycles. The number of guanidine groups is 1. The molecular weight excluding hydrogens is 411 g/mol. The Balaban J connectivity index is 1.53. The summed E-state index contributed by atoms with van der Waals surface area (Å²) < 4.78 is 45.1. The Kier molecular flexibility index (Phi) is 5.99. The van der Waals surface area contributed by atoms with Gasteiger partial charge in [0, 0.05) is 30.3 Å². The average molecular weight is 429 g/mol. The fraction of sp³-hybridized carbons (Fsp3) is 0.190. The van der Waals surface area contributed by atoms with Crippen molar-refractivity contribution in [1.29, 1.82) is 0 Å². The van der Waals surface area contributed by atoms with E-state index < -0.39 is 17.5 Å². The zero-order valence-electron chi connectivity index (χ0n) is 16.2. The number of aromatic nitrogens is 2. The normalized spacial score (nSPS) is 16.0. The van der Waals surface area contributed by atoms with E-state index in [-0.39, 0.29) is 23.4 Å². The number of ether oxygens (including phenoxy) is 1. The minimum absolute atomic E-state index is 0.0121. The number of carbonyl (C=O) groups is 1. The molecule has 1 fully saturated rings. The molecular formula is C21H18F3N5O2. The fourth-order valence-corrected chi connectivity index (χ4v) is 2.84. The summed E-state index contributed by atoms with van der Waals surface area (Å²) in [6, 6.07) is 10.3. The highest BCUT2D eigenvalue weighted by Crippen LogP contribution is 2.20. The quantitative estimate of drug-likeness (QED) is 0.427. The van der Waals surface area contributed by atoms with Crippen LogP contribution in [0, 0.1) is 17.5 Å². The predicted octanol–water partition coefficient (Wildman–Crippen LogP) is 3.48. The van der Waals surface area contributed by atoms with Gasteiger partial charge in [-0.1, -0.05) is 0 Å². The van der Waals surface area contributed by atoms with Gasteiger partial charge in [0.25, 0.3) is 5.91 Å². The Labute approximate surface area is 175 Å². The molecule has 1 atom stereocenters. The number of hydrogen-bond acceptors (Lipinski definition) is 3. The van der Waals surface area contributed by atoms with Gasteiger partial charge in [-0.3, -0.25) is 9.89 Å². The van der Waals surface area contributed by atoms with Crippen molar-refractivity contribution in [2.45, 2.75) is 12.5 Å². The summed E-state index contributed by atoms with van der Waals surface area (Å²) in [5, 5.41) is 12.8. The van der Waals surface area contributed by atoms with E-state index in [4.69, 9.17) is 4.74 Å². The maximum atomic E-state index is 13.5. The van der Waals surface area contributed by atoms with Crippen LogP contribution < -0.4 is 10.6 Å². The van der Waals surface area contributed by atoms with Gasteiger partial charge >= 0.3 is 0 Å². The second-order valence-electron chi connectivity index (χ2n) is 6.86. The number of aliphatic imine (C=N–C) groups is 1. The molecule has 0 saturated carbocycles. The minimum Gasteiger partial charge on any atom is -0.376 e. The molecule has 1 aliphatic rings. The second kappa shape index (κ2) is 9.00. The monoisotopic (exact) mass is 429 g/mol. The molecule has 4 rings (SSSR count). The number of rotatable bonds is 5. The molecule has 2 aromatic carbocycles. The first-order valence-electron chi connectivity index (χ1n) is 9.50. The van der Waals surface area contributed by atoms with E-state index in [9.17, 15) is 18.0 Å². The highest BCUT2D eigenvalue weighted by Gasteiger charge is 2.19. The molecule has 31 heavy (non-hydrogen) atoms. The van der Waals surface area contributed by atoms with E-state index in [0.717, 1.165) is 24.6 Å². The average Bonchev–Trinajstić information content (AvgIpc) is 3.17. The van der Waals surface area contributed by atoms with Crippen molar-refractivity contribution in [3.05, 3.63) is 71.5 Å². The van der Waals surface area contributed by atoms with E-state index in [0.29, 0.717) is 30.2 Å². The number of nitrogens with zero attached hydrogens (tertiary/aromatic N) is 2. The van der Waals surface area contributed by atoms with Gasteiger partial charge in [0.2, 0.25) is 5.96 Å². The van der Waals surface area contributed by atoms with Crippen LogP contribution in [0.1, 0.15) is 16.8 Å². The lowest BCUT2D eigenvalue weighted by molar-refractivity contribution is -0.0460. The number of benzene rings is 2. The summed E-state index contributed by atoms with van der Waals surface area (Å²) >= 11 is 0. The van der Waals surface area contributed by atoms with Crippen LogP contribution in [-0.2, 0) is 4.74 Å². The van der Waals surface area contributed by atoms with Crippen LogP contribution in [0.15, 0.2) is 53.5 Å². The zero-order chi connectivity index (χ0) is 21.8. The lowest BCUT2D eigenvalue weighted by Crippen LogP contribution is -2.42. The van der Waals surface area contributed by atoms with Gasteiger partial charge in [-0.15, -0.1) is 0 Å². The molecule has 10 heteroatoms. The van der Waals surface area contributed by atoms with Crippen LogP contribution in [0.25, 0.3) is 11.3 Å². The van der Waals surface area contributed by atoms with Crippen molar-refractivity contribution < 1.29 is 22.7 Å². The number of anilines is 1. The Morgan fingerprint density at radius 3 is 2.58 bits per heavy atom. The number of carbonyl (C=O) groups excluding carboxylic acids is 1. The molecule has 0 bridgehead atoms. The third-order valence-corrected chi connectivity index (χ3v) is 4.64. The topological polar surface area (TPSA) is 91.4 Å². The molecule has 3 N–H and O–H groups in total. The molecule has 2 heterocycles. The van der Waals surface area contributed by atoms with Crippen LogP contribution in [0.2, 0.25) is 0 Å². The molecule has 0 aliphatic carbocycles. The highest BCUT2D eigenvalue weighted by atomic mass is 19.2. The third-order valence-electron chi connectivity index (χ3n) is 4.64. The maximum absolute atomic E-state index is 13.5. The van der Waals surface area contributed by atoms with Crippen LogP contribution in [-0.4, -0.2) is 41.3 Å². The number of amides is 1. The zero-order valence-corrected chi connectivity index (χ0v) is 16.2. The number of nitrogens with one attached hydrogen (secondary N) is 3. The molecule has 1 aliphatic heterocycles. The van der Waals surface area contributed by atoms with Gasteiger partial charge in [-0.2, -0.15) is 10.1 Å². The predicted molar refractivity (Wildman–Crippen MR) is 108 cm³/mol. The van der Waals surface area contributed by atoms with E-state index in [1.165, 1.54) is 12.1 Å². The third kappa shape index (κ3) is 5.10. The van der Waals surface area contributed by atoms with Crippen molar-refractivity contribution in [1.82, 2.24) is 15.5 Å². The first-order chi connectivity index (χ1) is 15.0. The maximum Gasteiger partial charge on any atom is 0.280 e. The first-order valence-corrected chi connectivity index (χ1v) is 9.50. The fourth-order valence-electron chi connectivity index (χ4n) is 2.84. The number of halogens is 3. The van der Waals surface area contributed by atoms with Gasteiger partial charge in [0.1, 0.15) is 11.6 Å². The first kappa shape index (κ1) is 20.6.